The van der Waals surface area contributed by atoms with Crippen LogP contribution in [0.2, 0.25) is 5.02 Å². The van der Waals surface area contributed by atoms with Crippen LogP contribution in [-0.4, -0.2) is 32.2 Å². The van der Waals surface area contributed by atoms with Crippen molar-refractivity contribution in [1.82, 2.24) is 19.7 Å². The molecule has 2 heterocycles. The Kier molecular flexibility index (Phi) is 6.77. The van der Waals surface area contributed by atoms with E-state index in [4.69, 9.17) is 16.9 Å². The Labute approximate surface area is 180 Å². The molecule has 31 heavy (non-hydrogen) atoms. The summed E-state index contributed by atoms with van der Waals surface area (Å²) in [5.41, 5.74) is -0.831. The van der Waals surface area contributed by atoms with Crippen LogP contribution in [0.15, 0.2) is 55.0 Å². The number of halogens is 4. The van der Waals surface area contributed by atoms with E-state index in [0.29, 0.717) is 15.3 Å². The number of rotatable bonds is 6. The molecule has 0 aliphatic rings. The van der Waals surface area contributed by atoms with Crippen molar-refractivity contribution in [3.8, 4) is 11.8 Å². The first kappa shape index (κ1) is 22.1. The summed E-state index contributed by atoms with van der Waals surface area (Å²) in [4.78, 5) is 17.9. The van der Waals surface area contributed by atoms with E-state index in [9.17, 15) is 18.0 Å². The summed E-state index contributed by atoms with van der Waals surface area (Å²) in [7, 11) is 0. The van der Waals surface area contributed by atoms with Crippen LogP contribution in [0.4, 0.5) is 23.7 Å². The SMILES string of the molecule is N#CCCN(Cc1cccnc1)C(=O)Nc1cnn(-c2ccc(Cl)cc2)c1C(F)(F)F. The first-order valence-corrected chi connectivity index (χ1v) is 9.40. The summed E-state index contributed by atoms with van der Waals surface area (Å²) >= 11 is 5.80. The molecule has 3 rings (SSSR count). The summed E-state index contributed by atoms with van der Waals surface area (Å²) in [6.07, 6.45) is -0.748. The fourth-order valence-corrected chi connectivity index (χ4v) is 2.96. The van der Waals surface area contributed by atoms with Crippen LogP contribution < -0.4 is 5.32 Å². The molecular weight excluding hydrogens is 433 g/mol. The van der Waals surface area contributed by atoms with Gasteiger partial charge in [-0.05, 0) is 35.9 Å². The molecular formula is C20H16ClF3N6O. The van der Waals surface area contributed by atoms with Crippen molar-refractivity contribution in [3.05, 3.63) is 71.3 Å². The minimum absolute atomic E-state index is 0.0177. The van der Waals surface area contributed by atoms with Gasteiger partial charge in [-0.25, -0.2) is 9.48 Å². The predicted molar refractivity (Wildman–Crippen MR) is 107 cm³/mol. The van der Waals surface area contributed by atoms with E-state index in [1.54, 1.807) is 18.3 Å². The van der Waals surface area contributed by atoms with Gasteiger partial charge >= 0.3 is 12.2 Å². The third-order valence-electron chi connectivity index (χ3n) is 4.23. The summed E-state index contributed by atoms with van der Waals surface area (Å²) < 4.78 is 42.1. The number of aromatic nitrogens is 3. The molecule has 2 amide bonds. The van der Waals surface area contributed by atoms with Gasteiger partial charge in [0.1, 0.15) is 0 Å². The fraction of sp³-hybridized carbons (Fsp3) is 0.200. The quantitative estimate of drug-likeness (QED) is 0.581. The number of urea groups is 1. The standard InChI is InChI=1S/C20H16ClF3N6O/c21-15-4-6-16(7-5-15)30-18(20(22,23)24)17(12-27-30)28-19(31)29(10-2-8-25)13-14-3-1-9-26-11-14/h1,3-7,9,11-12H,2,10,13H2,(H,28,31). The van der Waals surface area contributed by atoms with Crippen molar-refractivity contribution in [1.29, 1.82) is 5.26 Å². The Balaban J connectivity index is 1.89. The molecule has 0 aliphatic heterocycles. The zero-order valence-corrected chi connectivity index (χ0v) is 16.7. The topological polar surface area (TPSA) is 86.8 Å². The van der Waals surface area contributed by atoms with Gasteiger partial charge in [0.2, 0.25) is 0 Å². The highest BCUT2D eigenvalue weighted by Crippen LogP contribution is 2.36. The first-order chi connectivity index (χ1) is 14.8. The molecule has 0 spiro atoms. The number of carbonyl (C=O) groups is 1. The zero-order chi connectivity index (χ0) is 22.4. The van der Waals surface area contributed by atoms with Crippen molar-refractivity contribution in [2.24, 2.45) is 0 Å². The lowest BCUT2D eigenvalue weighted by molar-refractivity contribution is -0.142. The van der Waals surface area contributed by atoms with Gasteiger partial charge in [0.05, 0.1) is 30.1 Å². The number of amides is 2. The van der Waals surface area contributed by atoms with Crippen LogP contribution in [0.3, 0.4) is 0 Å². The molecule has 0 bridgehead atoms. The number of pyridine rings is 1. The maximum atomic E-state index is 13.8. The molecule has 0 fully saturated rings. The molecule has 3 aromatic rings. The highest BCUT2D eigenvalue weighted by atomic mass is 35.5. The zero-order valence-electron chi connectivity index (χ0n) is 16.0. The predicted octanol–water partition coefficient (Wildman–Crippen LogP) is 4.89. The van der Waals surface area contributed by atoms with Crippen LogP contribution in [-0.2, 0) is 12.7 Å². The Bertz CT molecular complexity index is 1080. The molecule has 1 aromatic carbocycles. The fourth-order valence-electron chi connectivity index (χ4n) is 2.83. The van der Waals surface area contributed by atoms with Gasteiger partial charge in [-0.1, -0.05) is 17.7 Å². The first-order valence-electron chi connectivity index (χ1n) is 9.02. The molecule has 11 heteroatoms. The van der Waals surface area contributed by atoms with Crippen molar-refractivity contribution in [2.75, 3.05) is 11.9 Å². The van der Waals surface area contributed by atoms with E-state index in [-0.39, 0.29) is 25.2 Å². The largest absolute Gasteiger partial charge is 0.435 e. The average Bonchev–Trinajstić information content (AvgIpc) is 3.16. The Morgan fingerprint density at radius 2 is 1.97 bits per heavy atom. The minimum Gasteiger partial charge on any atom is -0.319 e. The third-order valence-corrected chi connectivity index (χ3v) is 4.48. The number of hydrogen-bond acceptors (Lipinski definition) is 4. The van der Waals surface area contributed by atoms with Crippen molar-refractivity contribution >= 4 is 23.3 Å². The minimum atomic E-state index is -4.79. The lowest BCUT2D eigenvalue weighted by Gasteiger charge is -2.22. The second-order valence-electron chi connectivity index (χ2n) is 6.41. The molecule has 0 saturated carbocycles. The third kappa shape index (κ3) is 5.52. The van der Waals surface area contributed by atoms with Crippen LogP contribution >= 0.6 is 11.6 Å². The number of carbonyl (C=O) groups excluding carboxylic acids is 1. The monoisotopic (exact) mass is 448 g/mol. The molecule has 0 saturated heterocycles. The number of nitrogens with one attached hydrogen (secondary N) is 1. The van der Waals surface area contributed by atoms with Gasteiger partial charge in [0.25, 0.3) is 0 Å². The summed E-state index contributed by atoms with van der Waals surface area (Å²) in [5, 5.41) is 15.3. The number of alkyl halides is 3. The van der Waals surface area contributed by atoms with Gasteiger partial charge < -0.3 is 10.2 Å². The van der Waals surface area contributed by atoms with E-state index in [1.807, 2.05) is 6.07 Å². The average molecular weight is 449 g/mol. The van der Waals surface area contributed by atoms with Crippen molar-refractivity contribution < 1.29 is 18.0 Å². The van der Waals surface area contributed by atoms with Crippen LogP contribution in [0, 0.1) is 11.3 Å². The van der Waals surface area contributed by atoms with E-state index in [2.05, 4.69) is 15.4 Å². The molecule has 0 radical (unpaired) electrons. The Morgan fingerprint density at radius 3 is 2.58 bits per heavy atom. The lowest BCUT2D eigenvalue weighted by Crippen LogP contribution is -2.35. The Morgan fingerprint density at radius 1 is 1.23 bits per heavy atom. The van der Waals surface area contributed by atoms with Gasteiger partial charge in [0.15, 0.2) is 5.69 Å². The molecule has 0 aliphatic carbocycles. The maximum absolute atomic E-state index is 13.8. The molecule has 7 nitrogen and oxygen atoms in total. The second-order valence-corrected chi connectivity index (χ2v) is 6.85. The smallest absolute Gasteiger partial charge is 0.319 e. The molecule has 0 atom stereocenters. The molecule has 160 valence electrons. The van der Waals surface area contributed by atoms with Gasteiger partial charge in [-0.2, -0.15) is 23.5 Å². The van der Waals surface area contributed by atoms with E-state index >= 15 is 0 Å². The van der Waals surface area contributed by atoms with Crippen LogP contribution in [0.25, 0.3) is 5.69 Å². The highest BCUT2D eigenvalue weighted by molar-refractivity contribution is 6.30. The number of nitriles is 1. The number of hydrogen-bond donors (Lipinski definition) is 1. The number of nitrogens with zero attached hydrogens (tertiary/aromatic N) is 5. The lowest BCUT2D eigenvalue weighted by atomic mass is 10.2. The van der Waals surface area contributed by atoms with Gasteiger partial charge in [-0.3, -0.25) is 4.98 Å². The van der Waals surface area contributed by atoms with Gasteiger partial charge in [0, 0.05) is 30.5 Å². The highest BCUT2D eigenvalue weighted by Gasteiger charge is 2.39. The van der Waals surface area contributed by atoms with Crippen molar-refractivity contribution in [3.63, 3.8) is 0 Å². The van der Waals surface area contributed by atoms with Gasteiger partial charge in [-0.15, -0.1) is 0 Å². The molecule has 2 aromatic heterocycles. The number of benzene rings is 1. The summed E-state index contributed by atoms with van der Waals surface area (Å²) in [5.74, 6) is 0. The normalized spacial score (nSPS) is 11.1. The van der Waals surface area contributed by atoms with E-state index < -0.39 is 23.6 Å². The van der Waals surface area contributed by atoms with Crippen LogP contribution in [0.1, 0.15) is 17.7 Å². The Hall–Kier alpha value is -3.58. The molecule has 0 unspecified atom stereocenters. The summed E-state index contributed by atoms with van der Waals surface area (Å²) in [6, 6.07) is 10.2. The van der Waals surface area contributed by atoms with E-state index in [1.165, 1.54) is 35.4 Å². The van der Waals surface area contributed by atoms with E-state index in [0.717, 1.165) is 6.20 Å². The van der Waals surface area contributed by atoms with Crippen LogP contribution in [0.5, 0.6) is 0 Å². The number of anilines is 1. The molecule has 1 N–H and O–H groups in total. The maximum Gasteiger partial charge on any atom is 0.435 e. The summed E-state index contributed by atoms with van der Waals surface area (Å²) in [6.45, 7) is 0.109. The second kappa shape index (κ2) is 9.49. The van der Waals surface area contributed by atoms with Crippen molar-refractivity contribution in [2.45, 2.75) is 19.1 Å².